The molecule has 1 heterocycles. The van der Waals surface area contributed by atoms with Gasteiger partial charge >= 0.3 is 6.18 Å². The number of hydrogen-bond donors (Lipinski definition) is 1. The number of hydrogen-bond acceptors (Lipinski definition) is 4. The summed E-state index contributed by atoms with van der Waals surface area (Å²) in [7, 11) is 0. The van der Waals surface area contributed by atoms with Gasteiger partial charge in [0.15, 0.2) is 0 Å². The molecule has 2 N–H and O–H groups in total. The zero-order chi connectivity index (χ0) is 14.2. The maximum absolute atomic E-state index is 11.9. The van der Waals surface area contributed by atoms with E-state index >= 15 is 0 Å². The van der Waals surface area contributed by atoms with Crippen LogP contribution in [0.3, 0.4) is 0 Å². The van der Waals surface area contributed by atoms with Crippen molar-refractivity contribution in [2.24, 2.45) is 0 Å². The molecular weight excluding hydrogens is 265 g/mol. The molecule has 1 aliphatic rings. The average Bonchev–Trinajstić information content (AvgIpc) is 2.54. The molecule has 0 spiro atoms. The number of imide groups is 1. The highest BCUT2D eigenvalue weighted by molar-refractivity contribution is 6.23. The van der Waals surface area contributed by atoms with Gasteiger partial charge < -0.3 is 10.5 Å². The lowest BCUT2D eigenvalue weighted by Crippen LogP contribution is -2.34. The fraction of sp³-hybridized carbons (Fsp3) is 0.273. The minimum Gasteiger partial charge on any atom is -0.398 e. The van der Waals surface area contributed by atoms with E-state index in [1.165, 1.54) is 18.2 Å². The molecule has 0 unspecified atom stereocenters. The molecule has 0 radical (unpaired) electrons. The van der Waals surface area contributed by atoms with Gasteiger partial charge in [-0.1, -0.05) is 6.07 Å². The number of benzene rings is 1. The summed E-state index contributed by atoms with van der Waals surface area (Å²) in [6.07, 6.45) is -4.52. The predicted molar refractivity (Wildman–Crippen MR) is 58.2 cm³/mol. The van der Waals surface area contributed by atoms with Crippen molar-refractivity contribution in [1.82, 2.24) is 4.90 Å². The fourth-order valence-electron chi connectivity index (χ4n) is 1.73. The van der Waals surface area contributed by atoms with Crippen molar-refractivity contribution >= 4 is 17.5 Å². The molecule has 0 aliphatic carbocycles. The van der Waals surface area contributed by atoms with Crippen molar-refractivity contribution in [3.8, 4) is 0 Å². The Morgan fingerprint density at radius 3 is 2.47 bits per heavy atom. The first-order chi connectivity index (χ1) is 8.81. The van der Waals surface area contributed by atoms with E-state index in [4.69, 9.17) is 5.73 Å². The molecule has 102 valence electrons. The minimum atomic E-state index is -4.52. The Labute approximate surface area is 105 Å². The Bertz CT molecular complexity index is 542. The summed E-state index contributed by atoms with van der Waals surface area (Å²) in [4.78, 5) is 24.2. The molecule has 0 saturated carbocycles. The number of carbonyl (C=O) groups excluding carboxylic acids is 2. The largest absolute Gasteiger partial charge is 0.411 e. The number of fused-ring (bicyclic) bond motifs is 1. The third-order valence-electron chi connectivity index (χ3n) is 2.52. The summed E-state index contributed by atoms with van der Waals surface area (Å²) >= 11 is 0. The number of nitrogens with zero attached hydrogens (tertiary/aromatic N) is 1. The molecule has 0 saturated heterocycles. The van der Waals surface area contributed by atoms with Crippen molar-refractivity contribution in [2.75, 3.05) is 19.1 Å². The normalized spacial score (nSPS) is 15.0. The summed E-state index contributed by atoms with van der Waals surface area (Å²) in [5.74, 6) is -1.46. The van der Waals surface area contributed by atoms with E-state index in [2.05, 4.69) is 4.74 Å². The summed E-state index contributed by atoms with van der Waals surface area (Å²) in [6, 6.07) is 4.30. The lowest BCUT2D eigenvalue weighted by molar-refractivity contribution is -0.179. The monoisotopic (exact) mass is 274 g/mol. The van der Waals surface area contributed by atoms with Crippen LogP contribution in [-0.2, 0) is 4.74 Å². The summed E-state index contributed by atoms with van der Waals surface area (Å²) < 4.78 is 40.1. The molecule has 8 heteroatoms. The van der Waals surface area contributed by atoms with Crippen LogP contribution in [0.15, 0.2) is 18.2 Å². The van der Waals surface area contributed by atoms with Crippen LogP contribution in [0.25, 0.3) is 0 Å². The number of nitrogens with two attached hydrogens (primary N) is 1. The molecule has 2 amide bonds. The van der Waals surface area contributed by atoms with Crippen LogP contribution < -0.4 is 5.73 Å². The summed E-state index contributed by atoms with van der Waals surface area (Å²) in [5, 5.41) is 0. The standard InChI is InChI=1S/C11H9F3N2O3/c12-11(13,14)4-19-5-16-9(17)6-2-1-3-7(15)8(6)10(16)18/h1-3H,4-5,15H2. The molecule has 5 nitrogen and oxygen atoms in total. The molecular formula is C11H9F3N2O3. The maximum atomic E-state index is 11.9. The first-order valence-electron chi connectivity index (χ1n) is 5.20. The van der Waals surface area contributed by atoms with E-state index < -0.39 is 31.3 Å². The third kappa shape index (κ3) is 2.53. The number of ether oxygens (including phenoxy) is 1. The highest BCUT2D eigenvalue weighted by atomic mass is 19.4. The topological polar surface area (TPSA) is 72.6 Å². The van der Waals surface area contributed by atoms with Gasteiger partial charge in [0.05, 0.1) is 11.1 Å². The zero-order valence-corrected chi connectivity index (χ0v) is 9.53. The average molecular weight is 274 g/mol. The second-order valence-corrected chi connectivity index (χ2v) is 3.90. The highest BCUT2D eigenvalue weighted by Crippen LogP contribution is 2.27. The summed E-state index contributed by atoms with van der Waals surface area (Å²) in [6.45, 7) is -2.29. The molecule has 0 aromatic heterocycles. The van der Waals surface area contributed by atoms with Crippen molar-refractivity contribution < 1.29 is 27.5 Å². The van der Waals surface area contributed by atoms with E-state index in [1.54, 1.807) is 0 Å². The van der Waals surface area contributed by atoms with Gasteiger partial charge in [0.1, 0.15) is 13.3 Å². The number of nitrogen functional groups attached to an aromatic ring is 1. The maximum Gasteiger partial charge on any atom is 0.411 e. The number of alkyl halides is 3. The van der Waals surface area contributed by atoms with Gasteiger partial charge in [-0.25, -0.2) is 4.90 Å². The van der Waals surface area contributed by atoms with Crippen LogP contribution in [0.1, 0.15) is 20.7 Å². The molecule has 2 rings (SSSR count). The third-order valence-corrected chi connectivity index (χ3v) is 2.52. The quantitative estimate of drug-likeness (QED) is 0.668. The van der Waals surface area contributed by atoms with Gasteiger partial charge in [-0.15, -0.1) is 0 Å². The fourth-order valence-corrected chi connectivity index (χ4v) is 1.73. The Hall–Kier alpha value is -2.09. The number of anilines is 1. The zero-order valence-electron chi connectivity index (χ0n) is 9.53. The van der Waals surface area contributed by atoms with Gasteiger partial charge in [0.2, 0.25) is 0 Å². The Kier molecular flexibility index (Phi) is 3.19. The van der Waals surface area contributed by atoms with E-state index in [0.29, 0.717) is 4.90 Å². The van der Waals surface area contributed by atoms with Crippen LogP contribution in [-0.4, -0.2) is 36.2 Å². The molecule has 0 bridgehead atoms. The van der Waals surface area contributed by atoms with Crippen molar-refractivity contribution in [1.29, 1.82) is 0 Å². The van der Waals surface area contributed by atoms with E-state index in [-0.39, 0.29) is 16.8 Å². The minimum absolute atomic E-state index is 0.00288. The van der Waals surface area contributed by atoms with Crippen molar-refractivity contribution in [2.45, 2.75) is 6.18 Å². The number of rotatable bonds is 3. The number of amides is 2. The van der Waals surface area contributed by atoms with Crippen LogP contribution in [0, 0.1) is 0 Å². The van der Waals surface area contributed by atoms with E-state index in [9.17, 15) is 22.8 Å². The molecule has 0 fully saturated rings. The lowest BCUT2D eigenvalue weighted by atomic mass is 10.1. The predicted octanol–water partition coefficient (Wildman–Crippen LogP) is 1.40. The van der Waals surface area contributed by atoms with Gasteiger partial charge in [-0.05, 0) is 12.1 Å². The Balaban J connectivity index is 2.13. The molecule has 1 aromatic carbocycles. The Morgan fingerprint density at radius 1 is 1.21 bits per heavy atom. The first-order valence-corrected chi connectivity index (χ1v) is 5.20. The summed E-state index contributed by atoms with van der Waals surface area (Å²) in [5.41, 5.74) is 5.74. The smallest absolute Gasteiger partial charge is 0.398 e. The number of carbonyl (C=O) groups is 2. The van der Waals surface area contributed by atoms with Gasteiger partial charge in [0.25, 0.3) is 11.8 Å². The van der Waals surface area contributed by atoms with Crippen molar-refractivity contribution in [3.63, 3.8) is 0 Å². The molecule has 1 aromatic rings. The highest BCUT2D eigenvalue weighted by Gasteiger charge is 2.38. The second-order valence-electron chi connectivity index (χ2n) is 3.90. The van der Waals surface area contributed by atoms with Gasteiger partial charge in [0, 0.05) is 5.69 Å². The van der Waals surface area contributed by atoms with E-state index in [0.717, 1.165) is 0 Å². The molecule has 1 aliphatic heterocycles. The lowest BCUT2D eigenvalue weighted by Gasteiger charge is -2.14. The van der Waals surface area contributed by atoms with E-state index in [1.807, 2.05) is 0 Å². The van der Waals surface area contributed by atoms with Gasteiger partial charge in [-0.3, -0.25) is 9.59 Å². The van der Waals surface area contributed by atoms with Crippen LogP contribution >= 0.6 is 0 Å². The SMILES string of the molecule is Nc1cccc2c1C(=O)N(COCC(F)(F)F)C2=O. The second kappa shape index (κ2) is 4.54. The van der Waals surface area contributed by atoms with Gasteiger partial charge in [-0.2, -0.15) is 13.2 Å². The Morgan fingerprint density at radius 2 is 1.89 bits per heavy atom. The first kappa shape index (κ1) is 13.3. The van der Waals surface area contributed by atoms with Crippen molar-refractivity contribution in [3.05, 3.63) is 29.3 Å². The number of halogens is 3. The van der Waals surface area contributed by atoms with Crippen LogP contribution in [0.2, 0.25) is 0 Å². The van der Waals surface area contributed by atoms with Crippen LogP contribution in [0.4, 0.5) is 18.9 Å². The molecule has 0 atom stereocenters. The molecule has 19 heavy (non-hydrogen) atoms. The van der Waals surface area contributed by atoms with Crippen LogP contribution in [0.5, 0.6) is 0 Å².